The van der Waals surface area contributed by atoms with E-state index in [1.54, 1.807) is 6.92 Å². The molecule has 108 valence electrons. The smallest absolute Gasteiger partial charge is 0.336 e. The molecule has 0 amide bonds. The zero-order valence-corrected chi connectivity index (χ0v) is 13.5. The fourth-order valence-electron chi connectivity index (χ4n) is 2.72. The molecule has 0 aliphatic carbocycles. The number of carbonyl (C=O) groups is 1. The van der Waals surface area contributed by atoms with Crippen molar-refractivity contribution in [1.29, 1.82) is 0 Å². The van der Waals surface area contributed by atoms with Gasteiger partial charge < -0.3 is 8.83 Å². The van der Waals surface area contributed by atoms with Gasteiger partial charge in [0.05, 0.1) is 10.9 Å². The van der Waals surface area contributed by atoms with Crippen molar-refractivity contribution in [2.45, 2.75) is 20.8 Å². The van der Waals surface area contributed by atoms with Crippen LogP contribution in [-0.2, 0) is 0 Å². The lowest BCUT2D eigenvalue weighted by molar-refractivity contribution is 0.102. The molecule has 21 heavy (non-hydrogen) atoms. The van der Waals surface area contributed by atoms with Gasteiger partial charge in [-0.25, -0.2) is 4.79 Å². The Morgan fingerprint density at radius 2 is 1.76 bits per heavy atom. The molecule has 0 aliphatic rings. The van der Waals surface area contributed by atoms with Gasteiger partial charge in [-0.1, -0.05) is 15.9 Å². The molecule has 0 aliphatic heterocycles. The van der Waals surface area contributed by atoms with Crippen LogP contribution in [0.2, 0.25) is 0 Å². The Morgan fingerprint density at radius 1 is 1.10 bits per heavy atom. The van der Waals surface area contributed by atoms with E-state index in [0.717, 1.165) is 21.9 Å². The molecule has 0 saturated carbocycles. The lowest BCUT2D eigenvalue weighted by atomic mass is 10.0. The van der Waals surface area contributed by atoms with Crippen LogP contribution in [0, 0.1) is 20.8 Å². The van der Waals surface area contributed by atoms with E-state index in [-0.39, 0.29) is 16.7 Å². The molecule has 2 aromatic heterocycles. The fraction of sp³-hybridized carbons (Fsp3) is 0.250. The maximum absolute atomic E-state index is 12.1. The number of aryl methyl sites for hydroxylation is 3. The maximum atomic E-state index is 12.1. The number of furan rings is 1. The van der Waals surface area contributed by atoms with Gasteiger partial charge in [0.25, 0.3) is 0 Å². The highest BCUT2D eigenvalue weighted by Gasteiger charge is 2.21. The SMILES string of the molecule is Cc1oc2c(C)c3oc(=O)cc(C)c3cc2c1C(=O)CBr. The molecule has 0 radical (unpaired) electrons. The summed E-state index contributed by atoms with van der Waals surface area (Å²) < 4.78 is 11.0. The minimum absolute atomic E-state index is 0.0277. The first kappa shape index (κ1) is 14.1. The van der Waals surface area contributed by atoms with Crippen LogP contribution in [0.5, 0.6) is 0 Å². The van der Waals surface area contributed by atoms with E-state index in [1.807, 2.05) is 19.9 Å². The number of fused-ring (bicyclic) bond motifs is 2. The number of hydrogen-bond donors (Lipinski definition) is 0. The second kappa shape index (κ2) is 4.84. The Kier molecular flexibility index (Phi) is 3.24. The second-order valence-corrected chi connectivity index (χ2v) is 5.65. The summed E-state index contributed by atoms with van der Waals surface area (Å²) in [4.78, 5) is 23.7. The third kappa shape index (κ3) is 2.03. The van der Waals surface area contributed by atoms with Crippen molar-refractivity contribution in [2.75, 3.05) is 5.33 Å². The summed E-state index contributed by atoms with van der Waals surface area (Å²) in [7, 11) is 0. The van der Waals surface area contributed by atoms with Gasteiger partial charge >= 0.3 is 5.63 Å². The van der Waals surface area contributed by atoms with E-state index >= 15 is 0 Å². The molecule has 0 atom stereocenters. The predicted octanol–water partition coefficient (Wildman–Crippen LogP) is 4.04. The van der Waals surface area contributed by atoms with E-state index in [2.05, 4.69) is 15.9 Å². The summed E-state index contributed by atoms with van der Waals surface area (Å²) in [6.07, 6.45) is 0. The Balaban J connectivity index is 2.54. The van der Waals surface area contributed by atoms with Gasteiger partial charge in [0.1, 0.15) is 16.9 Å². The minimum Gasteiger partial charge on any atom is -0.460 e. The van der Waals surface area contributed by atoms with E-state index in [1.165, 1.54) is 6.07 Å². The number of carbonyl (C=O) groups excluding carboxylic acids is 1. The molecule has 3 rings (SSSR count). The summed E-state index contributed by atoms with van der Waals surface area (Å²) in [6.45, 7) is 5.45. The second-order valence-electron chi connectivity index (χ2n) is 5.09. The zero-order valence-electron chi connectivity index (χ0n) is 11.9. The van der Waals surface area contributed by atoms with Gasteiger partial charge in [0.2, 0.25) is 0 Å². The molecule has 0 unspecified atom stereocenters. The molecule has 5 heteroatoms. The highest BCUT2D eigenvalue weighted by atomic mass is 79.9. The number of ketones is 1. The highest BCUT2D eigenvalue weighted by Crippen LogP contribution is 2.34. The van der Waals surface area contributed by atoms with Crippen LogP contribution in [0.4, 0.5) is 0 Å². The molecule has 0 fully saturated rings. The Hall–Kier alpha value is -1.88. The number of alkyl halides is 1. The number of Topliss-reactive ketones (excluding diaryl/α,β-unsaturated/α-hetero) is 1. The van der Waals surface area contributed by atoms with Crippen molar-refractivity contribution in [3.8, 4) is 0 Å². The van der Waals surface area contributed by atoms with Crippen LogP contribution in [0.1, 0.15) is 27.2 Å². The number of hydrogen-bond acceptors (Lipinski definition) is 4. The third-order valence-electron chi connectivity index (χ3n) is 3.70. The molecule has 0 spiro atoms. The van der Waals surface area contributed by atoms with Crippen LogP contribution in [0.25, 0.3) is 21.9 Å². The minimum atomic E-state index is -0.387. The number of benzene rings is 1. The number of rotatable bonds is 2. The summed E-state index contributed by atoms with van der Waals surface area (Å²) in [5.41, 5.74) is 2.86. The first-order chi connectivity index (χ1) is 9.93. The summed E-state index contributed by atoms with van der Waals surface area (Å²) in [6, 6.07) is 3.31. The van der Waals surface area contributed by atoms with Crippen molar-refractivity contribution in [2.24, 2.45) is 0 Å². The Morgan fingerprint density at radius 3 is 2.43 bits per heavy atom. The van der Waals surface area contributed by atoms with Crippen molar-refractivity contribution < 1.29 is 13.6 Å². The normalized spacial score (nSPS) is 11.4. The van der Waals surface area contributed by atoms with E-state index in [4.69, 9.17) is 8.83 Å². The van der Waals surface area contributed by atoms with Gasteiger partial charge in [-0.15, -0.1) is 0 Å². The summed E-state index contributed by atoms with van der Waals surface area (Å²) in [5.74, 6) is 0.549. The summed E-state index contributed by atoms with van der Waals surface area (Å²) in [5, 5.41) is 1.82. The molecule has 0 saturated heterocycles. The molecule has 0 bridgehead atoms. The lowest BCUT2D eigenvalue weighted by Gasteiger charge is -2.04. The average molecular weight is 349 g/mol. The molecule has 1 aromatic carbocycles. The van der Waals surface area contributed by atoms with E-state index in [0.29, 0.717) is 22.5 Å². The quantitative estimate of drug-likeness (QED) is 0.398. The zero-order chi connectivity index (χ0) is 15.3. The standard InChI is InChI=1S/C16H13BrO4/c1-7-4-13(19)21-15-8(2)16-11(5-10(7)15)14(9(3)20-16)12(18)6-17/h4-5H,6H2,1-3H3. The number of halogens is 1. The van der Waals surface area contributed by atoms with Gasteiger partial charge in [-0.2, -0.15) is 0 Å². The largest absolute Gasteiger partial charge is 0.460 e. The van der Waals surface area contributed by atoms with Gasteiger partial charge in [-0.3, -0.25) is 4.79 Å². The molecular weight excluding hydrogens is 336 g/mol. The van der Waals surface area contributed by atoms with Crippen molar-refractivity contribution >= 4 is 43.7 Å². The van der Waals surface area contributed by atoms with E-state index in [9.17, 15) is 9.59 Å². The third-order valence-corrected chi connectivity index (χ3v) is 4.21. The highest BCUT2D eigenvalue weighted by molar-refractivity contribution is 9.09. The van der Waals surface area contributed by atoms with Gasteiger partial charge in [0.15, 0.2) is 5.78 Å². The summed E-state index contributed by atoms with van der Waals surface area (Å²) >= 11 is 3.20. The van der Waals surface area contributed by atoms with Crippen LogP contribution < -0.4 is 5.63 Å². The molecule has 4 nitrogen and oxygen atoms in total. The topological polar surface area (TPSA) is 60.4 Å². The van der Waals surface area contributed by atoms with Crippen LogP contribution in [0.3, 0.4) is 0 Å². The lowest BCUT2D eigenvalue weighted by Crippen LogP contribution is -2.01. The molecule has 2 heterocycles. The van der Waals surface area contributed by atoms with Gasteiger partial charge in [0, 0.05) is 22.4 Å². The first-order valence-electron chi connectivity index (χ1n) is 6.50. The van der Waals surface area contributed by atoms with Crippen molar-refractivity contribution in [3.05, 3.63) is 45.0 Å². The van der Waals surface area contributed by atoms with Gasteiger partial charge in [-0.05, 0) is 32.4 Å². The Bertz CT molecular complexity index is 946. The van der Waals surface area contributed by atoms with Crippen molar-refractivity contribution in [1.82, 2.24) is 0 Å². The molecular formula is C16H13BrO4. The first-order valence-corrected chi connectivity index (χ1v) is 7.62. The van der Waals surface area contributed by atoms with Crippen LogP contribution >= 0.6 is 15.9 Å². The molecule has 0 N–H and O–H groups in total. The maximum Gasteiger partial charge on any atom is 0.336 e. The fourth-order valence-corrected chi connectivity index (χ4v) is 3.00. The van der Waals surface area contributed by atoms with E-state index < -0.39 is 0 Å². The van der Waals surface area contributed by atoms with Crippen molar-refractivity contribution in [3.63, 3.8) is 0 Å². The predicted molar refractivity (Wildman–Crippen MR) is 84.6 cm³/mol. The van der Waals surface area contributed by atoms with Crippen LogP contribution in [0.15, 0.2) is 25.8 Å². The van der Waals surface area contributed by atoms with Crippen LogP contribution in [-0.4, -0.2) is 11.1 Å². The average Bonchev–Trinajstić information content (AvgIpc) is 2.76. The Labute approximate surface area is 128 Å². The monoisotopic (exact) mass is 348 g/mol. The molecule has 3 aromatic rings.